The lowest BCUT2D eigenvalue weighted by molar-refractivity contribution is -0.791. The largest absolute Gasteiger partial charge is 0.313 e. The maximum atomic E-state index is 2.31. The SMILES string of the molecule is C[N+]1(Cc2ccccc2)CC1. The van der Waals surface area contributed by atoms with Gasteiger partial charge in [-0.2, -0.15) is 0 Å². The Hall–Kier alpha value is -0.820. The van der Waals surface area contributed by atoms with Crippen LogP contribution in [0.25, 0.3) is 0 Å². The second-order valence-corrected chi connectivity index (χ2v) is 3.71. The molecule has 0 aromatic heterocycles. The summed E-state index contributed by atoms with van der Waals surface area (Å²) in [6.07, 6.45) is 0. The van der Waals surface area contributed by atoms with Crippen LogP contribution in [0.1, 0.15) is 5.56 Å². The lowest BCUT2D eigenvalue weighted by Crippen LogP contribution is -2.18. The van der Waals surface area contributed by atoms with Crippen LogP contribution < -0.4 is 0 Å². The fourth-order valence-electron chi connectivity index (χ4n) is 1.35. The Kier molecular flexibility index (Phi) is 1.46. The van der Waals surface area contributed by atoms with Gasteiger partial charge in [-0.05, 0) is 0 Å². The van der Waals surface area contributed by atoms with Crippen LogP contribution in [0.2, 0.25) is 0 Å². The van der Waals surface area contributed by atoms with E-state index in [1.807, 2.05) is 0 Å². The summed E-state index contributed by atoms with van der Waals surface area (Å²) in [7, 11) is 2.31. The average Bonchev–Trinajstić information content (AvgIpc) is 2.70. The van der Waals surface area contributed by atoms with Gasteiger partial charge in [-0.1, -0.05) is 30.3 Å². The summed E-state index contributed by atoms with van der Waals surface area (Å²) in [4.78, 5) is 0. The summed E-state index contributed by atoms with van der Waals surface area (Å²) in [5.74, 6) is 0. The first-order chi connectivity index (χ1) is 5.29. The summed E-state index contributed by atoms with van der Waals surface area (Å²) in [6, 6.07) is 10.7. The van der Waals surface area contributed by atoms with Gasteiger partial charge in [0, 0.05) is 5.56 Å². The summed E-state index contributed by atoms with van der Waals surface area (Å²) in [5.41, 5.74) is 1.47. The second-order valence-electron chi connectivity index (χ2n) is 3.71. The van der Waals surface area contributed by atoms with Crippen molar-refractivity contribution in [2.75, 3.05) is 20.1 Å². The van der Waals surface area contributed by atoms with E-state index in [0.29, 0.717) is 0 Å². The molecule has 1 fully saturated rings. The Morgan fingerprint density at radius 2 is 1.82 bits per heavy atom. The Morgan fingerprint density at radius 3 is 2.36 bits per heavy atom. The first-order valence-electron chi connectivity index (χ1n) is 4.16. The van der Waals surface area contributed by atoms with Crippen LogP contribution in [-0.2, 0) is 6.54 Å². The smallest absolute Gasteiger partial charge is 0.129 e. The minimum atomic E-state index is 1.21. The highest BCUT2D eigenvalue weighted by atomic mass is 15.4. The fourth-order valence-corrected chi connectivity index (χ4v) is 1.35. The number of nitrogens with zero attached hydrogens (tertiary/aromatic N) is 1. The van der Waals surface area contributed by atoms with E-state index in [1.54, 1.807) is 0 Å². The molecule has 1 saturated heterocycles. The molecule has 1 aliphatic heterocycles. The summed E-state index contributed by atoms with van der Waals surface area (Å²) in [5, 5.41) is 0. The summed E-state index contributed by atoms with van der Waals surface area (Å²) >= 11 is 0. The molecule has 11 heavy (non-hydrogen) atoms. The molecular weight excluding hydrogens is 134 g/mol. The van der Waals surface area contributed by atoms with E-state index in [9.17, 15) is 0 Å². The van der Waals surface area contributed by atoms with Crippen molar-refractivity contribution in [3.63, 3.8) is 0 Å². The van der Waals surface area contributed by atoms with Crippen LogP contribution in [0.3, 0.4) is 0 Å². The molecular formula is C10H14N+. The number of hydrogen-bond donors (Lipinski definition) is 0. The van der Waals surface area contributed by atoms with Crippen molar-refractivity contribution < 1.29 is 4.48 Å². The van der Waals surface area contributed by atoms with Gasteiger partial charge in [-0.3, -0.25) is 0 Å². The topological polar surface area (TPSA) is 0 Å². The predicted octanol–water partition coefficient (Wildman–Crippen LogP) is 1.65. The Balaban J connectivity index is 2.07. The van der Waals surface area contributed by atoms with Crippen LogP contribution in [0.15, 0.2) is 30.3 Å². The predicted molar refractivity (Wildman–Crippen MR) is 46.1 cm³/mol. The van der Waals surface area contributed by atoms with E-state index in [2.05, 4.69) is 37.4 Å². The molecule has 0 bridgehead atoms. The van der Waals surface area contributed by atoms with E-state index in [-0.39, 0.29) is 0 Å². The van der Waals surface area contributed by atoms with Gasteiger partial charge in [-0.15, -0.1) is 0 Å². The lowest BCUT2D eigenvalue weighted by atomic mass is 10.2. The number of quaternary nitrogens is 1. The van der Waals surface area contributed by atoms with Crippen LogP contribution >= 0.6 is 0 Å². The van der Waals surface area contributed by atoms with Crippen molar-refractivity contribution in [1.29, 1.82) is 0 Å². The highest BCUT2D eigenvalue weighted by molar-refractivity contribution is 5.13. The number of rotatable bonds is 2. The molecule has 1 aliphatic rings. The lowest BCUT2D eigenvalue weighted by Gasteiger charge is -2.10. The highest BCUT2D eigenvalue weighted by Gasteiger charge is 2.36. The molecule has 1 heterocycles. The van der Waals surface area contributed by atoms with Gasteiger partial charge < -0.3 is 4.48 Å². The Bertz CT molecular complexity index is 236. The van der Waals surface area contributed by atoms with E-state index in [0.717, 1.165) is 0 Å². The molecule has 0 amide bonds. The van der Waals surface area contributed by atoms with Gasteiger partial charge in [0.15, 0.2) is 0 Å². The molecule has 0 unspecified atom stereocenters. The molecule has 0 N–H and O–H groups in total. The molecule has 58 valence electrons. The molecule has 1 aromatic carbocycles. The fraction of sp³-hybridized carbons (Fsp3) is 0.400. The van der Waals surface area contributed by atoms with Crippen LogP contribution in [0, 0.1) is 0 Å². The zero-order valence-electron chi connectivity index (χ0n) is 6.96. The monoisotopic (exact) mass is 148 g/mol. The number of likely N-dealkylation sites (N-methyl/N-ethyl adjacent to an activating group) is 1. The van der Waals surface area contributed by atoms with Crippen molar-refractivity contribution in [1.82, 2.24) is 0 Å². The van der Waals surface area contributed by atoms with E-state index in [4.69, 9.17) is 0 Å². The molecule has 0 radical (unpaired) electrons. The van der Waals surface area contributed by atoms with E-state index < -0.39 is 0 Å². The molecule has 0 atom stereocenters. The number of hydrogen-bond acceptors (Lipinski definition) is 0. The van der Waals surface area contributed by atoms with Gasteiger partial charge in [0.05, 0.1) is 7.05 Å². The molecule has 1 heteroatoms. The third kappa shape index (κ3) is 1.60. The van der Waals surface area contributed by atoms with Gasteiger partial charge in [0.1, 0.15) is 19.6 Å². The molecule has 0 saturated carbocycles. The minimum absolute atomic E-state index is 1.21. The zero-order chi connectivity index (χ0) is 7.73. The van der Waals surface area contributed by atoms with Crippen molar-refractivity contribution in [2.24, 2.45) is 0 Å². The van der Waals surface area contributed by atoms with Gasteiger partial charge >= 0.3 is 0 Å². The van der Waals surface area contributed by atoms with Crippen molar-refractivity contribution in [3.8, 4) is 0 Å². The van der Waals surface area contributed by atoms with Crippen LogP contribution in [0.5, 0.6) is 0 Å². The van der Waals surface area contributed by atoms with Crippen molar-refractivity contribution in [3.05, 3.63) is 35.9 Å². The molecule has 2 rings (SSSR count). The first-order valence-corrected chi connectivity index (χ1v) is 4.16. The summed E-state index contributed by atoms with van der Waals surface area (Å²) < 4.78 is 1.24. The quantitative estimate of drug-likeness (QED) is 0.442. The first kappa shape index (κ1) is 6.86. The van der Waals surface area contributed by atoms with E-state index >= 15 is 0 Å². The maximum absolute atomic E-state index is 2.31. The average molecular weight is 148 g/mol. The molecule has 0 spiro atoms. The Labute approximate surface area is 67.9 Å². The Morgan fingerprint density at radius 1 is 1.18 bits per heavy atom. The standard InChI is InChI=1S/C10H14N/c1-11(7-8-11)9-10-5-3-2-4-6-10/h2-6H,7-9H2,1H3/q+1. The van der Waals surface area contributed by atoms with Crippen molar-refractivity contribution in [2.45, 2.75) is 6.54 Å². The van der Waals surface area contributed by atoms with Crippen LogP contribution in [-0.4, -0.2) is 24.6 Å². The second kappa shape index (κ2) is 2.35. The highest BCUT2D eigenvalue weighted by Crippen LogP contribution is 2.21. The molecule has 1 aromatic rings. The summed E-state index contributed by atoms with van der Waals surface area (Å²) in [6.45, 7) is 3.92. The molecule has 1 nitrogen and oxygen atoms in total. The van der Waals surface area contributed by atoms with Gasteiger partial charge in [0.25, 0.3) is 0 Å². The third-order valence-electron chi connectivity index (χ3n) is 2.39. The van der Waals surface area contributed by atoms with Crippen molar-refractivity contribution >= 4 is 0 Å². The minimum Gasteiger partial charge on any atom is -0.313 e. The number of benzene rings is 1. The molecule has 0 aliphatic carbocycles. The van der Waals surface area contributed by atoms with Gasteiger partial charge in [0.2, 0.25) is 0 Å². The zero-order valence-corrected chi connectivity index (χ0v) is 6.96. The normalized spacial score (nSPS) is 19.7. The third-order valence-corrected chi connectivity index (χ3v) is 2.39. The maximum Gasteiger partial charge on any atom is 0.129 e. The van der Waals surface area contributed by atoms with Crippen LogP contribution in [0.4, 0.5) is 0 Å². The van der Waals surface area contributed by atoms with Gasteiger partial charge in [-0.25, -0.2) is 0 Å². The van der Waals surface area contributed by atoms with E-state index in [1.165, 1.54) is 29.7 Å².